The first kappa shape index (κ1) is 15.4. The van der Waals surface area contributed by atoms with Crippen molar-refractivity contribution in [3.63, 3.8) is 0 Å². The minimum atomic E-state index is -0.160. The van der Waals surface area contributed by atoms with Crippen LogP contribution in [-0.4, -0.2) is 37.9 Å². The highest BCUT2D eigenvalue weighted by Gasteiger charge is 2.13. The SMILES string of the molecule is CCN(CC)c1ccc(NC(=O)C2=NCCCCN2)cc1. The van der Waals surface area contributed by atoms with Crippen molar-refractivity contribution in [2.75, 3.05) is 36.4 Å². The van der Waals surface area contributed by atoms with Crippen LogP contribution in [0.2, 0.25) is 0 Å². The average molecular weight is 288 g/mol. The number of aliphatic imine (C=N–C) groups is 1. The molecule has 0 spiro atoms. The van der Waals surface area contributed by atoms with Crippen LogP contribution in [-0.2, 0) is 4.79 Å². The van der Waals surface area contributed by atoms with Crippen molar-refractivity contribution in [3.8, 4) is 0 Å². The highest BCUT2D eigenvalue weighted by Crippen LogP contribution is 2.17. The number of hydrogen-bond acceptors (Lipinski definition) is 4. The van der Waals surface area contributed by atoms with Gasteiger partial charge in [-0.15, -0.1) is 0 Å². The van der Waals surface area contributed by atoms with Gasteiger partial charge in [0, 0.05) is 37.6 Å². The summed E-state index contributed by atoms with van der Waals surface area (Å²) in [5, 5.41) is 5.97. The van der Waals surface area contributed by atoms with Gasteiger partial charge in [0.15, 0.2) is 5.84 Å². The zero-order valence-electron chi connectivity index (χ0n) is 12.9. The Morgan fingerprint density at radius 3 is 2.62 bits per heavy atom. The quantitative estimate of drug-likeness (QED) is 0.874. The second kappa shape index (κ2) is 7.67. The summed E-state index contributed by atoms with van der Waals surface area (Å²) in [6.45, 7) is 7.75. The molecule has 2 N–H and O–H groups in total. The van der Waals surface area contributed by atoms with Gasteiger partial charge in [-0.3, -0.25) is 9.79 Å². The van der Waals surface area contributed by atoms with E-state index in [1.807, 2.05) is 24.3 Å². The number of anilines is 2. The van der Waals surface area contributed by atoms with E-state index < -0.39 is 0 Å². The number of benzene rings is 1. The van der Waals surface area contributed by atoms with Crippen molar-refractivity contribution in [1.29, 1.82) is 0 Å². The van der Waals surface area contributed by atoms with Gasteiger partial charge in [-0.25, -0.2) is 0 Å². The summed E-state index contributed by atoms with van der Waals surface area (Å²) in [7, 11) is 0. The highest BCUT2D eigenvalue weighted by molar-refractivity contribution is 6.42. The molecule has 114 valence electrons. The van der Waals surface area contributed by atoms with Crippen LogP contribution in [0.25, 0.3) is 0 Å². The van der Waals surface area contributed by atoms with Crippen molar-refractivity contribution >= 4 is 23.1 Å². The fourth-order valence-electron chi connectivity index (χ4n) is 2.38. The van der Waals surface area contributed by atoms with Gasteiger partial charge >= 0.3 is 0 Å². The van der Waals surface area contributed by atoms with Gasteiger partial charge in [-0.2, -0.15) is 0 Å². The fourth-order valence-corrected chi connectivity index (χ4v) is 2.38. The van der Waals surface area contributed by atoms with E-state index in [0.717, 1.165) is 44.7 Å². The number of nitrogens with zero attached hydrogens (tertiary/aromatic N) is 2. The molecule has 0 aromatic heterocycles. The summed E-state index contributed by atoms with van der Waals surface area (Å²) < 4.78 is 0. The van der Waals surface area contributed by atoms with Gasteiger partial charge in [0.1, 0.15) is 0 Å². The summed E-state index contributed by atoms with van der Waals surface area (Å²) >= 11 is 0. The molecule has 1 aliphatic rings. The predicted octanol–water partition coefficient (Wildman–Crippen LogP) is 2.25. The molecular weight excluding hydrogens is 264 g/mol. The number of carbonyl (C=O) groups excluding carboxylic acids is 1. The normalized spacial score (nSPS) is 14.7. The first-order chi connectivity index (χ1) is 10.2. The molecule has 0 aliphatic carbocycles. The second-order valence-electron chi connectivity index (χ2n) is 5.04. The van der Waals surface area contributed by atoms with Crippen LogP contribution in [0.1, 0.15) is 26.7 Å². The van der Waals surface area contributed by atoms with Crippen LogP contribution >= 0.6 is 0 Å². The molecule has 0 saturated carbocycles. The molecular formula is C16H24N4O. The summed E-state index contributed by atoms with van der Waals surface area (Å²) in [6, 6.07) is 7.93. The number of carbonyl (C=O) groups is 1. The minimum Gasteiger partial charge on any atom is -0.372 e. The minimum absolute atomic E-state index is 0.160. The third-order valence-electron chi connectivity index (χ3n) is 3.62. The average Bonchev–Trinajstić information content (AvgIpc) is 2.79. The largest absolute Gasteiger partial charge is 0.372 e. The summed E-state index contributed by atoms with van der Waals surface area (Å²) in [5.74, 6) is 0.285. The maximum absolute atomic E-state index is 12.1. The van der Waals surface area contributed by atoms with Crippen molar-refractivity contribution in [2.24, 2.45) is 4.99 Å². The van der Waals surface area contributed by atoms with Gasteiger partial charge in [0.2, 0.25) is 0 Å². The van der Waals surface area contributed by atoms with Crippen LogP contribution < -0.4 is 15.5 Å². The third kappa shape index (κ3) is 4.21. The Kier molecular flexibility index (Phi) is 5.60. The maximum atomic E-state index is 12.1. The van der Waals surface area contributed by atoms with Crippen molar-refractivity contribution in [2.45, 2.75) is 26.7 Å². The number of amidine groups is 1. The van der Waals surface area contributed by atoms with E-state index in [9.17, 15) is 4.79 Å². The van der Waals surface area contributed by atoms with Gasteiger partial charge < -0.3 is 15.5 Å². The maximum Gasteiger partial charge on any atom is 0.290 e. The Balaban J connectivity index is 1.99. The Bertz CT molecular complexity index is 492. The molecule has 5 heteroatoms. The smallest absolute Gasteiger partial charge is 0.290 e. The lowest BCUT2D eigenvalue weighted by molar-refractivity contribution is -0.110. The van der Waals surface area contributed by atoms with Crippen molar-refractivity contribution < 1.29 is 4.79 Å². The molecule has 0 unspecified atom stereocenters. The third-order valence-corrected chi connectivity index (χ3v) is 3.62. The standard InChI is InChI=1S/C16H24N4O/c1-3-20(4-2)14-9-7-13(8-10-14)19-16(21)15-17-11-5-6-12-18-15/h7-10H,3-6,11-12H2,1-2H3,(H,17,18)(H,19,21). The zero-order chi connectivity index (χ0) is 15.1. The van der Waals surface area contributed by atoms with E-state index in [4.69, 9.17) is 0 Å². The van der Waals surface area contributed by atoms with E-state index in [2.05, 4.69) is 34.4 Å². The van der Waals surface area contributed by atoms with Crippen LogP contribution in [0.15, 0.2) is 29.3 Å². The van der Waals surface area contributed by atoms with E-state index in [-0.39, 0.29) is 5.91 Å². The van der Waals surface area contributed by atoms with E-state index in [1.54, 1.807) is 0 Å². The van der Waals surface area contributed by atoms with Crippen LogP contribution in [0.5, 0.6) is 0 Å². The molecule has 21 heavy (non-hydrogen) atoms. The predicted molar refractivity (Wildman–Crippen MR) is 88.2 cm³/mol. The monoisotopic (exact) mass is 288 g/mol. The second-order valence-corrected chi connectivity index (χ2v) is 5.04. The highest BCUT2D eigenvalue weighted by atomic mass is 16.2. The number of nitrogens with one attached hydrogen (secondary N) is 2. The molecule has 1 aliphatic heterocycles. The molecule has 1 aromatic carbocycles. The Morgan fingerprint density at radius 2 is 1.95 bits per heavy atom. The zero-order valence-corrected chi connectivity index (χ0v) is 12.9. The van der Waals surface area contributed by atoms with Gasteiger partial charge in [-0.05, 0) is 51.0 Å². The molecule has 0 saturated heterocycles. The van der Waals surface area contributed by atoms with Crippen molar-refractivity contribution in [3.05, 3.63) is 24.3 Å². The molecule has 0 radical (unpaired) electrons. The van der Waals surface area contributed by atoms with Gasteiger partial charge in [0.25, 0.3) is 5.91 Å². The van der Waals surface area contributed by atoms with Crippen molar-refractivity contribution in [1.82, 2.24) is 5.32 Å². The Labute approximate surface area is 126 Å². The van der Waals surface area contributed by atoms with E-state index >= 15 is 0 Å². The Hall–Kier alpha value is -2.04. The topological polar surface area (TPSA) is 56.7 Å². The molecule has 1 aromatic rings. The summed E-state index contributed by atoms with van der Waals surface area (Å²) in [4.78, 5) is 18.7. The van der Waals surface area contributed by atoms with Gasteiger partial charge in [0.05, 0.1) is 0 Å². The Morgan fingerprint density at radius 1 is 1.24 bits per heavy atom. The lowest BCUT2D eigenvalue weighted by Crippen LogP contribution is -2.35. The number of hydrogen-bond donors (Lipinski definition) is 2. The molecule has 2 rings (SSSR count). The number of amides is 1. The fraction of sp³-hybridized carbons (Fsp3) is 0.500. The first-order valence-electron chi connectivity index (χ1n) is 7.69. The lowest BCUT2D eigenvalue weighted by atomic mass is 10.2. The van der Waals surface area contributed by atoms with Crippen LogP contribution in [0.4, 0.5) is 11.4 Å². The molecule has 5 nitrogen and oxygen atoms in total. The first-order valence-corrected chi connectivity index (χ1v) is 7.69. The molecule has 0 fully saturated rings. The number of rotatable bonds is 5. The van der Waals surface area contributed by atoms with Crippen LogP contribution in [0.3, 0.4) is 0 Å². The lowest BCUT2D eigenvalue weighted by Gasteiger charge is -2.21. The molecule has 0 bridgehead atoms. The summed E-state index contributed by atoms with van der Waals surface area (Å²) in [6.07, 6.45) is 2.08. The molecule has 0 atom stereocenters. The summed E-state index contributed by atoms with van der Waals surface area (Å²) in [5.41, 5.74) is 1.97. The van der Waals surface area contributed by atoms with E-state index in [1.165, 1.54) is 5.69 Å². The van der Waals surface area contributed by atoms with E-state index in [0.29, 0.717) is 5.84 Å². The van der Waals surface area contributed by atoms with Crippen LogP contribution in [0, 0.1) is 0 Å². The molecule has 1 heterocycles. The molecule has 1 amide bonds. The van der Waals surface area contributed by atoms with Gasteiger partial charge in [-0.1, -0.05) is 0 Å².